The Kier molecular flexibility index (Phi) is 7.09. The molecule has 3 aliphatic heterocycles. The van der Waals surface area contributed by atoms with Crippen LogP contribution < -0.4 is 15.0 Å². The van der Waals surface area contributed by atoms with E-state index in [1.165, 1.54) is 11.3 Å². The Labute approximate surface area is 236 Å². The quantitative estimate of drug-likeness (QED) is 0.339. The number of aromatic nitrogens is 1. The number of anilines is 1. The van der Waals surface area contributed by atoms with Crippen molar-refractivity contribution in [1.29, 1.82) is 0 Å². The Bertz CT molecular complexity index is 1390. The number of carbonyl (C=O) groups excluding carboxylic acids is 2. The van der Waals surface area contributed by atoms with Crippen LogP contribution in [0.15, 0.2) is 54.9 Å². The van der Waals surface area contributed by atoms with Crippen LogP contribution in [0.5, 0.6) is 5.75 Å². The van der Waals surface area contributed by atoms with E-state index >= 15 is 0 Å². The Morgan fingerprint density at radius 1 is 1.02 bits per heavy atom. The molecule has 7 heteroatoms. The summed E-state index contributed by atoms with van der Waals surface area (Å²) in [5.41, 5.74) is 7.46. The lowest BCUT2D eigenvalue weighted by atomic mass is 9.68. The van der Waals surface area contributed by atoms with Crippen LogP contribution in [0.3, 0.4) is 0 Å². The molecule has 1 amide bonds. The van der Waals surface area contributed by atoms with E-state index in [0.29, 0.717) is 6.54 Å². The number of Topliss-reactive ketones (excluding diaryl/α,β-unsaturated/α-hetero) is 1. The van der Waals surface area contributed by atoms with Crippen molar-refractivity contribution in [1.82, 2.24) is 15.2 Å². The number of benzene rings is 2. The van der Waals surface area contributed by atoms with E-state index in [9.17, 15) is 9.59 Å². The highest BCUT2D eigenvalue weighted by Gasteiger charge is 2.42. The number of fused-ring (bicyclic) bond motifs is 1. The fourth-order valence-corrected chi connectivity index (χ4v) is 7.23. The molecule has 2 fully saturated rings. The van der Waals surface area contributed by atoms with Crippen LogP contribution in [0.1, 0.15) is 75.9 Å². The molecule has 2 unspecified atom stereocenters. The molecular formula is C33H38N4O3. The number of pyridine rings is 1. The molecular weight excluding hydrogens is 500 g/mol. The van der Waals surface area contributed by atoms with Gasteiger partial charge < -0.3 is 14.5 Å². The maximum absolute atomic E-state index is 13.7. The third-order valence-electron chi connectivity index (χ3n) is 9.52. The van der Waals surface area contributed by atoms with E-state index in [0.717, 1.165) is 85.3 Å². The van der Waals surface area contributed by atoms with Crippen LogP contribution in [0.25, 0.3) is 0 Å². The SMILES string of the molecule is COc1cc(C)c(C(=O)C2NCc3cc(C4CC5(CCN(c6ccncc6)CC5)CCN4C=O)ccc32)c(C)c1. The minimum absolute atomic E-state index is 0.0600. The molecule has 3 aromatic rings. The minimum atomic E-state index is -0.368. The highest BCUT2D eigenvalue weighted by molar-refractivity contribution is 6.03. The number of amides is 1. The fraction of sp³-hybridized carbons (Fsp3) is 0.424. The molecule has 7 nitrogen and oxygen atoms in total. The number of aryl methyl sites for hydroxylation is 2. The molecule has 1 N–H and O–H groups in total. The largest absolute Gasteiger partial charge is 0.497 e. The second kappa shape index (κ2) is 10.7. The van der Waals surface area contributed by atoms with Crippen molar-refractivity contribution in [2.45, 2.75) is 58.2 Å². The predicted molar refractivity (Wildman–Crippen MR) is 156 cm³/mol. The van der Waals surface area contributed by atoms with Crippen molar-refractivity contribution in [3.8, 4) is 5.75 Å². The number of piperidine rings is 2. The molecule has 2 saturated heterocycles. The van der Waals surface area contributed by atoms with Gasteiger partial charge in [0.05, 0.1) is 19.2 Å². The number of carbonyl (C=O) groups is 2. The monoisotopic (exact) mass is 538 g/mol. The fourth-order valence-electron chi connectivity index (χ4n) is 7.23. The molecule has 3 aliphatic rings. The van der Waals surface area contributed by atoms with Gasteiger partial charge in [0, 0.05) is 49.8 Å². The van der Waals surface area contributed by atoms with Gasteiger partial charge in [-0.25, -0.2) is 0 Å². The zero-order chi connectivity index (χ0) is 27.9. The molecule has 4 heterocycles. The molecule has 1 spiro atoms. The summed E-state index contributed by atoms with van der Waals surface area (Å²) in [6.45, 7) is 7.43. The average molecular weight is 539 g/mol. The number of hydrogen-bond acceptors (Lipinski definition) is 6. The second-order valence-electron chi connectivity index (χ2n) is 11.8. The number of ether oxygens (including phenoxy) is 1. The molecule has 1 aromatic heterocycles. The summed E-state index contributed by atoms with van der Waals surface area (Å²) in [5, 5.41) is 3.46. The van der Waals surface area contributed by atoms with E-state index in [1.807, 2.05) is 43.3 Å². The second-order valence-corrected chi connectivity index (χ2v) is 11.8. The van der Waals surface area contributed by atoms with Gasteiger partial charge in [0.1, 0.15) is 5.75 Å². The van der Waals surface area contributed by atoms with Gasteiger partial charge >= 0.3 is 0 Å². The molecule has 2 atom stereocenters. The Morgan fingerprint density at radius 2 is 1.73 bits per heavy atom. The van der Waals surface area contributed by atoms with Gasteiger partial charge in [-0.15, -0.1) is 0 Å². The number of methoxy groups -OCH3 is 1. The van der Waals surface area contributed by atoms with E-state index in [2.05, 4.69) is 45.5 Å². The van der Waals surface area contributed by atoms with Crippen molar-refractivity contribution in [2.75, 3.05) is 31.6 Å². The van der Waals surface area contributed by atoms with Crippen LogP contribution >= 0.6 is 0 Å². The number of likely N-dealkylation sites (tertiary alicyclic amines) is 1. The van der Waals surface area contributed by atoms with Gasteiger partial charge in [-0.1, -0.05) is 18.2 Å². The summed E-state index contributed by atoms with van der Waals surface area (Å²) in [7, 11) is 1.65. The van der Waals surface area contributed by atoms with E-state index in [1.54, 1.807) is 7.11 Å². The molecule has 0 saturated carbocycles. The summed E-state index contributed by atoms with van der Waals surface area (Å²) in [5.74, 6) is 0.861. The van der Waals surface area contributed by atoms with Gasteiger partial charge in [0.15, 0.2) is 5.78 Å². The number of hydrogen-bond donors (Lipinski definition) is 1. The first-order valence-electron chi connectivity index (χ1n) is 14.3. The van der Waals surface area contributed by atoms with Crippen molar-refractivity contribution < 1.29 is 14.3 Å². The number of rotatable bonds is 6. The summed E-state index contributed by atoms with van der Waals surface area (Å²) in [6, 6.07) is 14.2. The first-order valence-corrected chi connectivity index (χ1v) is 14.3. The highest BCUT2D eigenvalue weighted by atomic mass is 16.5. The van der Waals surface area contributed by atoms with Crippen LogP contribution in [-0.4, -0.2) is 48.8 Å². The topological polar surface area (TPSA) is 74.8 Å². The molecule has 208 valence electrons. The Morgan fingerprint density at radius 3 is 2.40 bits per heavy atom. The summed E-state index contributed by atoms with van der Waals surface area (Å²) < 4.78 is 5.39. The third kappa shape index (κ3) is 4.77. The average Bonchev–Trinajstić information content (AvgIpc) is 3.41. The molecule has 0 aliphatic carbocycles. The van der Waals surface area contributed by atoms with Gasteiger partial charge in [-0.05, 0) is 97.0 Å². The maximum atomic E-state index is 13.7. The van der Waals surface area contributed by atoms with E-state index < -0.39 is 0 Å². The normalized spacial score (nSPS) is 21.8. The van der Waals surface area contributed by atoms with Crippen LogP contribution in [0.2, 0.25) is 0 Å². The van der Waals surface area contributed by atoms with Crippen molar-refractivity contribution in [3.05, 3.63) is 88.2 Å². The van der Waals surface area contributed by atoms with Gasteiger partial charge in [0.2, 0.25) is 6.41 Å². The Balaban J connectivity index is 1.21. The molecule has 0 bridgehead atoms. The molecule has 2 aromatic carbocycles. The maximum Gasteiger partial charge on any atom is 0.210 e. The third-order valence-corrected chi connectivity index (χ3v) is 9.52. The molecule has 40 heavy (non-hydrogen) atoms. The lowest BCUT2D eigenvalue weighted by Gasteiger charge is -2.50. The number of nitrogens with zero attached hydrogens (tertiary/aromatic N) is 3. The smallest absolute Gasteiger partial charge is 0.210 e. The zero-order valence-corrected chi connectivity index (χ0v) is 23.7. The van der Waals surface area contributed by atoms with Gasteiger partial charge in [-0.2, -0.15) is 0 Å². The first-order chi connectivity index (χ1) is 19.4. The highest BCUT2D eigenvalue weighted by Crippen LogP contribution is 2.48. The van der Waals surface area contributed by atoms with E-state index in [-0.39, 0.29) is 23.3 Å². The standard InChI is InChI=1S/C33H38N4O3/c1-22-16-27(40-3)17-23(2)30(22)32(39)31-28-5-4-24(18-25(28)20-35-31)29-19-33(10-15-37(29)21-38)8-13-36(14-9-33)26-6-11-34-12-7-26/h4-7,11-12,16-18,21,29,31,35H,8-10,13-15,19-20H2,1-3H3. The lowest BCUT2D eigenvalue weighted by Crippen LogP contribution is -2.47. The first kappa shape index (κ1) is 26.5. The number of ketones is 1. The minimum Gasteiger partial charge on any atom is -0.497 e. The van der Waals surface area contributed by atoms with E-state index in [4.69, 9.17) is 4.74 Å². The van der Waals surface area contributed by atoms with Crippen molar-refractivity contribution in [2.24, 2.45) is 5.41 Å². The van der Waals surface area contributed by atoms with Crippen LogP contribution in [0, 0.1) is 19.3 Å². The van der Waals surface area contributed by atoms with Gasteiger partial charge in [0.25, 0.3) is 0 Å². The molecule has 0 radical (unpaired) electrons. The van der Waals surface area contributed by atoms with Crippen molar-refractivity contribution >= 4 is 17.9 Å². The van der Waals surface area contributed by atoms with Crippen LogP contribution in [-0.2, 0) is 11.3 Å². The number of nitrogens with one attached hydrogen (secondary N) is 1. The predicted octanol–water partition coefficient (Wildman–Crippen LogP) is 5.31. The van der Waals surface area contributed by atoms with Crippen LogP contribution in [0.4, 0.5) is 5.69 Å². The van der Waals surface area contributed by atoms with Crippen molar-refractivity contribution in [3.63, 3.8) is 0 Å². The summed E-state index contributed by atoms with van der Waals surface area (Å²) >= 11 is 0. The molecule has 6 rings (SSSR count). The summed E-state index contributed by atoms with van der Waals surface area (Å²) in [4.78, 5) is 34.4. The zero-order valence-electron chi connectivity index (χ0n) is 23.7. The Hall–Kier alpha value is -3.71. The lowest BCUT2D eigenvalue weighted by molar-refractivity contribution is -0.124. The van der Waals surface area contributed by atoms with Gasteiger partial charge in [-0.3, -0.25) is 19.9 Å². The summed E-state index contributed by atoms with van der Waals surface area (Å²) in [6.07, 6.45) is 9.03.